The summed E-state index contributed by atoms with van der Waals surface area (Å²) in [5.41, 5.74) is 1.17. The molecule has 0 fully saturated rings. The van der Waals surface area contributed by atoms with E-state index in [0.29, 0.717) is 0 Å². The highest BCUT2D eigenvalue weighted by atomic mass is 79.9. The van der Waals surface area contributed by atoms with Crippen molar-refractivity contribution in [3.8, 4) is 0 Å². The normalized spacial score (nSPS) is 14.0. The predicted octanol–water partition coefficient (Wildman–Crippen LogP) is 3.01. The molecule has 18 heavy (non-hydrogen) atoms. The first-order chi connectivity index (χ1) is 8.54. The summed E-state index contributed by atoms with van der Waals surface area (Å²) < 4.78 is 1.06. The van der Waals surface area contributed by atoms with E-state index >= 15 is 0 Å². The second kappa shape index (κ2) is 7.54. The van der Waals surface area contributed by atoms with Gasteiger partial charge in [0.15, 0.2) is 0 Å². The average molecular weight is 313 g/mol. The maximum absolute atomic E-state index is 11.7. The van der Waals surface area contributed by atoms with E-state index in [1.165, 1.54) is 5.56 Å². The number of rotatable bonds is 6. The van der Waals surface area contributed by atoms with Crippen LogP contribution in [0.15, 0.2) is 28.7 Å². The number of benzene rings is 1. The molecule has 2 N–H and O–H groups in total. The molecule has 0 aromatic heterocycles. The van der Waals surface area contributed by atoms with E-state index in [9.17, 15) is 4.79 Å². The molecule has 2 unspecified atom stereocenters. The third kappa shape index (κ3) is 4.78. The largest absolute Gasteiger partial charge is 0.355 e. The van der Waals surface area contributed by atoms with E-state index in [-0.39, 0.29) is 18.0 Å². The van der Waals surface area contributed by atoms with Crippen LogP contribution in [0.1, 0.15) is 38.8 Å². The summed E-state index contributed by atoms with van der Waals surface area (Å²) in [6.45, 7) is 6.73. The molecule has 0 saturated carbocycles. The van der Waals surface area contributed by atoms with Gasteiger partial charge in [0.25, 0.3) is 0 Å². The second-order valence-electron chi connectivity index (χ2n) is 4.45. The van der Waals surface area contributed by atoms with Crippen LogP contribution >= 0.6 is 15.9 Å². The lowest BCUT2D eigenvalue weighted by Crippen LogP contribution is -2.43. The number of halogens is 1. The van der Waals surface area contributed by atoms with E-state index in [0.717, 1.165) is 17.4 Å². The van der Waals surface area contributed by atoms with E-state index in [4.69, 9.17) is 0 Å². The lowest BCUT2D eigenvalue weighted by atomic mass is 10.1. The summed E-state index contributed by atoms with van der Waals surface area (Å²) in [6.07, 6.45) is 0.959. The van der Waals surface area contributed by atoms with E-state index < -0.39 is 0 Å². The summed E-state index contributed by atoms with van der Waals surface area (Å²) in [5, 5.41) is 6.19. The Morgan fingerprint density at radius 2 is 1.89 bits per heavy atom. The van der Waals surface area contributed by atoms with Gasteiger partial charge in [0.2, 0.25) is 5.91 Å². The van der Waals surface area contributed by atoms with Crippen LogP contribution in [0, 0.1) is 0 Å². The third-order valence-corrected chi connectivity index (χ3v) is 3.34. The minimum Gasteiger partial charge on any atom is -0.355 e. The summed E-state index contributed by atoms with van der Waals surface area (Å²) in [6, 6.07) is 8.09. The molecule has 0 radical (unpaired) electrons. The van der Waals surface area contributed by atoms with Gasteiger partial charge in [-0.2, -0.15) is 0 Å². The first kappa shape index (κ1) is 15.2. The molecular weight excluding hydrogens is 292 g/mol. The summed E-state index contributed by atoms with van der Waals surface area (Å²) in [7, 11) is 0. The zero-order valence-electron chi connectivity index (χ0n) is 11.2. The fourth-order valence-corrected chi connectivity index (χ4v) is 1.96. The van der Waals surface area contributed by atoms with Crippen LogP contribution < -0.4 is 10.6 Å². The minimum absolute atomic E-state index is 0.0563. The zero-order valence-corrected chi connectivity index (χ0v) is 12.8. The molecule has 0 aliphatic carbocycles. The number of hydrogen-bond acceptors (Lipinski definition) is 2. The van der Waals surface area contributed by atoms with Crippen molar-refractivity contribution in [3.05, 3.63) is 34.3 Å². The van der Waals surface area contributed by atoms with Crippen LogP contribution in [0.25, 0.3) is 0 Å². The van der Waals surface area contributed by atoms with Crippen molar-refractivity contribution in [2.45, 2.75) is 39.3 Å². The number of carbonyl (C=O) groups is 1. The molecule has 1 amide bonds. The quantitative estimate of drug-likeness (QED) is 0.847. The highest BCUT2D eigenvalue weighted by Crippen LogP contribution is 2.16. The van der Waals surface area contributed by atoms with Crippen LogP contribution in [0.3, 0.4) is 0 Å². The summed E-state index contributed by atoms with van der Waals surface area (Å²) in [5.74, 6) is 0.0563. The van der Waals surface area contributed by atoms with Gasteiger partial charge in [-0.15, -0.1) is 0 Å². The van der Waals surface area contributed by atoms with Gasteiger partial charge in [-0.3, -0.25) is 10.1 Å². The lowest BCUT2D eigenvalue weighted by molar-refractivity contribution is -0.122. The Labute approximate surface area is 117 Å². The maximum Gasteiger partial charge on any atom is 0.236 e. The number of carbonyl (C=O) groups excluding carboxylic acids is 1. The zero-order chi connectivity index (χ0) is 13.5. The third-order valence-electron chi connectivity index (χ3n) is 2.81. The lowest BCUT2D eigenvalue weighted by Gasteiger charge is -2.20. The Morgan fingerprint density at radius 3 is 2.44 bits per heavy atom. The predicted molar refractivity (Wildman–Crippen MR) is 78.5 cm³/mol. The molecular formula is C14H21BrN2O. The smallest absolute Gasteiger partial charge is 0.236 e. The van der Waals surface area contributed by atoms with Gasteiger partial charge in [-0.05, 0) is 38.0 Å². The van der Waals surface area contributed by atoms with Crippen LogP contribution in [-0.2, 0) is 4.79 Å². The Kier molecular flexibility index (Phi) is 6.36. The van der Waals surface area contributed by atoms with Crippen LogP contribution in [-0.4, -0.2) is 18.5 Å². The first-order valence-corrected chi connectivity index (χ1v) is 7.13. The van der Waals surface area contributed by atoms with Crippen molar-refractivity contribution in [2.24, 2.45) is 0 Å². The molecule has 1 aromatic rings. The van der Waals surface area contributed by atoms with E-state index in [1.807, 2.05) is 26.0 Å². The first-order valence-electron chi connectivity index (χ1n) is 6.33. The van der Waals surface area contributed by atoms with E-state index in [1.54, 1.807) is 0 Å². The topological polar surface area (TPSA) is 41.1 Å². The molecule has 0 aliphatic rings. The molecule has 0 spiro atoms. The molecule has 2 atom stereocenters. The van der Waals surface area contributed by atoms with Crippen LogP contribution in [0.4, 0.5) is 0 Å². The maximum atomic E-state index is 11.7. The standard InChI is InChI=1S/C14H21BrN2O/c1-4-9-16-14(18)11(3)17-10(2)12-5-7-13(15)8-6-12/h5-8,10-11,17H,4,9H2,1-3H3,(H,16,18). The van der Waals surface area contributed by atoms with Gasteiger partial charge in [-0.25, -0.2) is 0 Å². The number of amides is 1. The molecule has 0 aliphatic heterocycles. The fourth-order valence-electron chi connectivity index (χ4n) is 1.70. The Balaban J connectivity index is 2.50. The minimum atomic E-state index is -0.185. The Hall–Kier alpha value is -0.870. The van der Waals surface area contributed by atoms with Gasteiger partial charge in [0, 0.05) is 17.1 Å². The van der Waals surface area contributed by atoms with Crippen molar-refractivity contribution < 1.29 is 4.79 Å². The van der Waals surface area contributed by atoms with Gasteiger partial charge >= 0.3 is 0 Å². The second-order valence-corrected chi connectivity index (χ2v) is 5.37. The van der Waals surface area contributed by atoms with Crippen molar-refractivity contribution >= 4 is 21.8 Å². The molecule has 4 heteroatoms. The van der Waals surface area contributed by atoms with Gasteiger partial charge in [0.1, 0.15) is 0 Å². The molecule has 1 aromatic carbocycles. The number of nitrogens with one attached hydrogen (secondary N) is 2. The van der Waals surface area contributed by atoms with Crippen LogP contribution in [0.5, 0.6) is 0 Å². The Bertz CT molecular complexity index is 378. The molecule has 0 heterocycles. The Morgan fingerprint density at radius 1 is 1.28 bits per heavy atom. The summed E-state index contributed by atoms with van der Waals surface area (Å²) >= 11 is 3.41. The van der Waals surface area contributed by atoms with Crippen molar-refractivity contribution in [1.82, 2.24) is 10.6 Å². The molecule has 1 rings (SSSR count). The molecule has 100 valence electrons. The molecule has 3 nitrogen and oxygen atoms in total. The molecule has 0 bridgehead atoms. The fraction of sp³-hybridized carbons (Fsp3) is 0.500. The van der Waals surface area contributed by atoms with Crippen molar-refractivity contribution in [3.63, 3.8) is 0 Å². The monoisotopic (exact) mass is 312 g/mol. The van der Waals surface area contributed by atoms with Crippen molar-refractivity contribution in [1.29, 1.82) is 0 Å². The highest BCUT2D eigenvalue weighted by molar-refractivity contribution is 9.10. The van der Waals surface area contributed by atoms with Crippen molar-refractivity contribution in [2.75, 3.05) is 6.54 Å². The van der Waals surface area contributed by atoms with E-state index in [2.05, 4.69) is 45.6 Å². The van der Waals surface area contributed by atoms with Crippen LogP contribution in [0.2, 0.25) is 0 Å². The average Bonchev–Trinajstić information content (AvgIpc) is 2.36. The number of hydrogen-bond donors (Lipinski definition) is 2. The van der Waals surface area contributed by atoms with Gasteiger partial charge in [-0.1, -0.05) is 35.0 Å². The highest BCUT2D eigenvalue weighted by Gasteiger charge is 2.15. The van der Waals surface area contributed by atoms with Gasteiger partial charge in [0.05, 0.1) is 6.04 Å². The molecule has 0 saturated heterocycles. The SMILES string of the molecule is CCCNC(=O)C(C)NC(C)c1ccc(Br)cc1. The van der Waals surface area contributed by atoms with Gasteiger partial charge < -0.3 is 5.32 Å². The summed E-state index contributed by atoms with van der Waals surface area (Å²) in [4.78, 5) is 11.7.